The molecule has 0 bridgehead atoms. The van der Waals surface area contributed by atoms with E-state index in [4.69, 9.17) is 15.4 Å². The Balaban J connectivity index is 2.60. The summed E-state index contributed by atoms with van der Waals surface area (Å²) >= 11 is 0. The smallest absolute Gasteiger partial charge is 0.285 e. The Bertz CT molecular complexity index is 564. The number of nitrogens with two attached hydrogens (primary N) is 1. The second-order valence-corrected chi connectivity index (χ2v) is 3.20. The maximum absolute atomic E-state index is 11.0. The van der Waals surface area contributed by atoms with Crippen molar-refractivity contribution in [3.63, 3.8) is 0 Å². The summed E-state index contributed by atoms with van der Waals surface area (Å²) in [5.41, 5.74) is 6.67. The lowest BCUT2D eigenvalue weighted by molar-refractivity contribution is 0.0973. The van der Waals surface area contributed by atoms with Crippen molar-refractivity contribution < 1.29 is 9.21 Å². The number of nitriles is 1. The number of rotatable bonds is 2. The average molecular weight is 212 g/mol. The van der Waals surface area contributed by atoms with Crippen LogP contribution in [0, 0.1) is 11.3 Å². The van der Waals surface area contributed by atoms with Gasteiger partial charge < -0.3 is 10.2 Å². The highest BCUT2D eigenvalue weighted by atomic mass is 16.3. The van der Waals surface area contributed by atoms with Crippen molar-refractivity contribution >= 4 is 5.91 Å². The predicted octanol–water partition coefficient (Wildman–Crippen LogP) is 1.92. The molecule has 0 unspecified atom stereocenters. The Morgan fingerprint density at radius 1 is 1.31 bits per heavy atom. The first-order valence-corrected chi connectivity index (χ1v) is 4.61. The molecule has 0 aliphatic rings. The summed E-state index contributed by atoms with van der Waals surface area (Å²) in [6, 6.07) is 11.1. The van der Waals surface area contributed by atoms with Gasteiger partial charge in [-0.2, -0.15) is 5.26 Å². The zero-order valence-electron chi connectivity index (χ0n) is 8.31. The van der Waals surface area contributed by atoms with Crippen LogP contribution in [0.1, 0.15) is 16.1 Å². The number of nitrogens with zero attached hydrogens (tertiary/aromatic N) is 1. The van der Waals surface area contributed by atoms with Crippen molar-refractivity contribution in [3.05, 3.63) is 47.9 Å². The molecule has 1 heterocycles. The summed E-state index contributed by atoms with van der Waals surface area (Å²) in [7, 11) is 0. The molecular formula is C12H8N2O2. The van der Waals surface area contributed by atoms with Gasteiger partial charge in [0.05, 0.1) is 0 Å². The Hall–Kier alpha value is -2.54. The van der Waals surface area contributed by atoms with Crippen molar-refractivity contribution in [1.82, 2.24) is 0 Å². The maximum Gasteiger partial charge on any atom is 0.285 e. The van der Waals surface area contributed by atoms with E-state index in [0.717, 1.165) is 5.56 Å². The Morgan fingerprint density at radius 3 is 2.56 bits per heavy atom. The summed E-state index contributed by atoms with van der Waals surface area (Å²) < 4.78 is 5.01. The van der Waals surface area contributed by atoms with Gasteiger partial charge in [-0.15, -0.1) is 0 Å². The molecule has 1 amide bonds. The molecule has 0 aliphatic carbocycles. The average Bonchev–Trinajstić information content (AvgIpc) is 2.73. The van der Waals surface area contributed by atoms with Gasteiger partial charge in [0.15, 0.2) is 0 Å². The van der Waals surface area contributed by atoms with E-state index in [1.165, 1.54) is 6.26 Å². The van der Waals surface area contributed by atoms with Crippen LogP contribution in [0.15, 0.2) is 41.0 Å². The first-order valence-electron chi connectivity index (χ1n) is 4.61. The summed E-state index contributed by atoms with van der Waals surface area (Å²) in [6.45, 7) is 0. The van der Waals surface area contributed by atoms with Crippen molar-refractivity contribution in [1.29, 1.82) is 5.26 Å². The van der Waals surface area contributed by atoms with Crippen molar-refractivity contribution in [2.45, 2.75) is 0 Å². The van der Waals surface area contributed by atoms with Gasteiger partial charge in [-0.3, -0.25) is 4.79 Å². The molecule has 78 valence electrons. The van der Waals surface area contributed by atoms with E-state index in [2.05, 4.69) is 0 Å². The molecule has 16 heavy (non-hydrogen) atoms. The van der Waals surface area contributed by atoms with Gasteiger partial charge in [0, 0.05) is 5.56 Å². The van der Waals surface area contributed by atoms with E-state index in [-0.39, 0.29) is 11.3 Å². The van der Waals surface area contributed by atoms with Crippen LogP contribution < -0.4 is 5.73 Å². The summed E-state index contributed by atoms with van der Waals surface area (Å²) in [5, 5.41) is 8.98. The predicted molar refractivity (Wildman–Crippen MR) is 57.4 cm³/mol. The zero-order valence-corrected chi connectivity index (χ0v) is 8.31. The molecule has 1 aromatic heterocycles. The van der Waals surface area contributed by atoms with Gasteiger partial charge in [-0.25, -0.2) is 0 Å². The van der Waals surface area contributed by atoms with Crippen LogP contribution in [0.25, 0.3) is 11.1 Å². The molecule has 4 nitrogen and oxygen atoms in total. The number of benzene rings is 1. The third-order valence-corrected chi connectivity index (χ3v) is 2.21. The van der Waals surface area contributed by atoms with Crippen molar-refractivity contribution in [3.8, 4) is 17.2 Å². The van der Waals surface area contributed by atoms with Crippen LogP contribution in [0.2, 0.25) is 0 Å². The minimum absolute atomic E-state index is 0.0960. The first-order chi connectivity index (χ1) is 7.74. The summed E-state index contributed by atoms with van der Waals surface area (Å²) in [4.78, 5) is 11.0. The Morgan fingerprint density at radius 2 is 2.00 bits per heavy atom. The quantitative estimate of drug-likeness (QED) is 0.825. The highest BCUT2D eigenvalue weighted by molar-refractivity contribution is 5.95. The van der Waals surface area contributed by atoms with Crippen LogP contribution in [0.3, 0.4) is 0 Å². The van der Waals surface area contributed by atoms with E-state index in [1.54, 1.807) is 0 Å². The number of hydrogen-bond acceptors (Lipinski definition) is 3. The van der Waals surface area contributed by atoms with E-state index >= 15 is 0 Å². The molecule has 0 radical (unpaired) electrons. The Labute approximate surface area is 91.9 Å². The highest BCUT2D eigenvalue weighted by Crippen LogP contribution is 2.27. The fraction of sp³-hybridized carbons (Fsp3) is 0. The van der Waals surface area contributed by atoms with E-state index in [1.807, 2.05) is 36.4 Å². The highest BCUT2D eigenvalue weighted by Gasteiger charge is 2.18. The molecule has 1 aromatic carbocycles. The minimum Gasteiger partial charge on any atom is -0.457 e. The van der Waals surface area contributed by atoms with Gasteiger partial charge in [-0.05, 0) is 5.56 Å². The number of carbonyl (C=O) groups is 1. The van der Waals surface area contributed by atoms with Gasteiger partial charge in [0.2, 0.25) is 5.76 Å². The standard InChI is InChI=1S/C12H8N2O2/c13-6-9-10(7-16-11(9)12(14)15)8-4-2-1-3-5-8/h1-5,7H,(H2,14,15). The zero-order chi connectivity index (χ0) is 11.5. The topological polar surface area (TPSA) is 80.0 Å². The largest absolute Gasteiger partial charge is 0.457 e. The minimum atomic E-state index is -0.737. The lowest BCUT2D eigenvalue weighted by Crippen LogP contribution is -2.11. The van der Waals surface area contributed by atoms with E-state index < -0.39 is 5.91 Å². The van der Waals surface area contributed by atoms with Crippen LogP contribution >= 0.6 is 0 Å². The third kappa shape index (κ3) is 1.55. The van der Waals surface area contributed by atoms with Crippen molar-refractivity contribution in [2.75, 3.05) is 0 Å². The van der Waals surface area contributed by atoms with Crippen LogP contribution in [0.5, 0.6) is 0 Å². The first kappa shape index (κ1) is 9.99. The maximum atomic E-state index is 11.0. The molecule has 0 fully saturated rings. The monoisotopic (exact) mass is 212 g/mol. The Kier molecular flexibility index (Phi) is 2.44. The molecule has 2 aromatic rings. The number of primary amides is 1. The van der Waals surface area contributed by atoms with Crippen molar-refractivity contribution in [2.24, 2.45) is 5.73 Å². The van der Waals surface area contributed by atoms with Crippen LogP contribution in [-0.4, -0.2) is 5.91 Å². The van der Waals surface area contributed by atoms with Gasteiger partial charge in [-0.1, -0.05) is 30.3 Å². The number of amides is 1. The molecule has 0 aliphatic heterocycles. The lowest BCUT2D eigenvalue weighted by atomic mass is 10.0. The molecule has 0 atom stereocenters. The number of carbonyl (C=O) groups excluding carboxylic acids is 1. The van der Waals surface area contributed by atoms with E-state index in [0.29, 0.717) is 5.56 Å². The molecule has 0 spiro atoms. The normalized spacial score (nSPS) is 9.69. The molecule has 0 saturated carbocycles. The van der Waals surface area contributed by atoms with Crippen LogP contribution in [0.4, 0.5) is 0 Å². The van der Waals surface area contributed by atoms with Gasteiger partial charge >= 0.3 is 0 Å². The second-order valence-electron chi connectivity index (χ2n) is 3.20. The molecule has 0 saturated heterocycles. The van der Waals surface area contributed by atoms with Gasteiger partial charge in [0.25, 0.3) is 5.91 Å². The SMILES string of the molecule is N#Cc1c(-c2ccccc2)coc1C(N)=O. The van der Waals surface area contributed by atoms with Crippen LogP contribution in [-0.2, 0) is 0 Å². The lowest BCUT2D eigenvalue weighted by Gasteiger charge is -1.96. The molecule has 2 rings (SSSR count). The summed E-state index contributed by atoms with van der Waals surface area (Å²) in [5.74, 6) is -0.833. The fourth-order valence-corrected chi connectivity index (χ4v) is 1.48. The number of furan rings is 1. The molecule has 2 N–H and O–H groups in total. The fourth-order valence-electron chi connectivity index (χ4n) is 1.48. The molecular weight excluding hydrogens is 204 g/mol. The third-order valence-electron chi connectivity index (χ3n) is 2.21. The van der Waals surface area contributed by atoms with Gasteiger partial charge in [0.1, 0.15) is 17.9 Å². The number of hydrogen-bond donors (Lipinski definition) is 1. The summed E-state index contributed by atoms with van der Waals surface area (Å²) in [6.07, 6.45) is 1.37. The second kappa shape index (κ2) is 3.91. The van der Waals surface area contributed by atoms with E-state index in [9.17, 15) is 4.79 Å². The molecule has 4 heteroatoms.